The molecule has 1 amide bonds. The summed E-state index contributed by atoms with van der Waals surface area (Å²) < 4.78 is 11.2. The van der Waals surface area contributed by atoms with Crippen LogP contribution < -0.4 is 10.9 Å². The van der Waals surface area contributed by atoms with Crippen molar-refractivity contribution < 1.29 is 18.7 Å². The van der Waals surface area contributed by atoms with Gasteiger partial charge in [-0.3, -0.25) is 4.79 Å². The van der Waals surface area contributed by atoms with Crippen LogP contribution in [0.5, 0.6) is 0 Å². The molecule has 1 heterocycles. The van der Waals surface area contributed by atoms with Crippen molar-refractivity contribution in [2.75, 3.05) is 11.9 Å². The first kappa shape index (κ1) is 20.8. The molecule has 7 heteroatoms. The van der Waals surface area contributed by atoms with E-state index in [-0.39, 0.29) is 5.56 Å². The van der Waals surface area contributed by atoms with Gasteiger partial charge in [0, 0.05) is 15.5 Å². The molecule has 0 radical (unpaired) electrons. The molecule has 6 nitrogen and oxygen atoms in total. The molecular formula is C22H20BrNO5. The highest BCUT2D eigenvalue weighted by Crippen LogP contribution is 2.20. The summed E-state index contributed by atoms with van der Waals surface area (Å²) in [6.45, 7) is 4.48. The van der Waals surface area contributed by atoms with E-state index in [9.17, 15) is 14.4 Å². The number of carbonyl (C=O) groups excluding carboxylic acids is 2. The number of rotatable bonds is 6. The van der Waals surface area contributed by atoms with Crippen LogP contribution in [0, 0.1) is 5.92 Å². The number of esters is 1. The Kier molecular flexibility index (Phi) is 6.49. The van der Waals surface area contributed by atoms with Crippen LogP contribution in [0.1, 0.15) is 41.0 Å². The first-order chi connectivity index (χ1) is 13.8. The zero-order chi connectivity index (χ0) is 21.0. The van der Waals surface area contributed by atoms with E-state index in [2.05, 4.69) is 35.1 Å². The number of fused-ring (bicyclic) bond motifs is 1. The van der Waals surface area contributed by atoms with Gasteiger partial charge in [0.05, 0.1) is 12.2 Å². The Morgan fingerprint density at radius 3 is 2.52 bits per heavy atom. The summed E-state index contributed by atoms with van der Waals surface area (Å²) in [5.41, 5.74) is 0.412. The number of halogens is 1. The van der Waals surface area contributed by atoms with E-state index in [0.717, 1.165) is 10.9 Å². The van der Waals surface area contributed by atoms with Gasteiger partial charge in [0.15, 0.2) is 0 Å². The normalized spacial score (nSPS) is 10.9. The van der Waals surface area contributed by atoms with Crippen molar-refractivity contribution in [3.8, 4) is 0 Å². The molecule has 150 valence electrons. The smallest absolute Gasteiger partial charge is 0.349 e. The minimum Gasteiger partial charge on any atom is -0.462 e. The Hall–Kier alpha value is -2.93. The summed E-state index contributed by atoms with van der Waals surface area (Å²) in [4.78, 5) is 36.7. The zero-order valence-electron chi connectivity index (χ0n) is 16.0. The molecule has 0 saturated carbocycles. The fourth-order valence-corrected chi connectivity index (χ4v) is 2.99. The zero-order valence-corrected chi connectivity index (χ0v) is 17.6. The molecule has 1 aromatic heterocycles. The van der Waals surface area contributed by atoms with Gasteiger partial charge in [-0.05, 0) is 60.9 Å². The van der Waals surface area contributed by atoms with Crippen LogP contribution >= 0.6 is 15.9 Å². The topological polar surface area (TPSA) is 85.6 Å². The van der Waals surface area contributed by atoms with Gasteiger partial charge in [0.25, 0.3) is 5.91 Å². The minimum atomic E-state index is -0.720. The van der Waals surface area contributed by atoms with Crippen LogP contribution in [-0.2, 0) is 4.74 Å². The van der Waals surface area contributed by atoms with Crippen LogP contribution in [0.3, 0.4) is 0 Å². The van der Waals surface area contributed by atoms with Crippen molar-refractivity contribution in [2.45, 2.75) is 20.3 Å². The number of anilines is 1. The van der Waals surface area contributed by atoms with Gasteiger partial charge in [-0.15, -0.1) is 0 Å². The molecule has 0 spiro atoms. The largest absolute Gasteiger partial charge is 0.462 e. The molecule has 0 unspecified atom stereocenters. The molecule has 3 rings (SSSR count). The number of nitrogens with one attached hydrogen (secondary N) is 1. The van der Waals surface area contributed by atoms with E-state index in [1.54, 1.807) is 42.5 Å². The lowest BCUT2D eigenvalue weighted by Gasteiger charge is -2.08. The van der Waals surface area contributed by atoms with E-state index in [1.165, 1.54) is 6.07 Å². The fourth-order valence-electron chi connectivity index (χ4n) is 2.61. The average Bonchev–Trinajstić information content (AvgIpc) is 2.68. The summed E-state index contributed by atoms with van der Waals surface area (Å²) in [5.74, 6) is -0.550. The van der Waals surface area contributed by atoms with E-state index in [0.29, 0.717) is 34.7 Å². The van der Waals surface area contributed by atoms with Crippen molar-refractivity contribution in [3.05, 3.63) is 74.6 Å². The summed E-state index contributed by atoms with van der Waals surface area (Å²) in [6, 6.07) is 12.9. The average molecular weight is 458 g/mol. The van der Waals surface area contributed by atoms with Crippen molar-refractivity contribution >= 4 is 44.5 Å². The minimum absolute atomic E-state index is 0.104. The molecule has 0 atom stereocenters. The van der Waals surface area contributed by atoms with Crippen LogP contribution in [0.15, 0.2) is 62.2 Å². The molecular weight excluding hydrogens is 438 g/mol. The molecule has 0 aliphatic rings. The van der Waals surface area contributed by atoms with Crippen LogP contribution in [0.2, 0.25) is 0 Å². The van der Waals surface area contributed by atoms with Crippen molar-refractivity contribution in [1.82, 2.24) is 0 Å². The molecule has 0 saturated heterocycles. The van der Waals surface area contributed by atoms with Gasteiger partial charge in [-0.25, -0.2) is 9.59 Å². The summed E-state index contributed by atoms with van der Waals surface area (Å²) >= 11 is 3.35. The second-order valence-electron chi connectivity index (χ2n) is 6.98. The van der Waals surface area contributed by atoms with Gasteiger partial charge in [-0.1, -0.05) is 29.8 Å². The quantitative estimate of drug-likeness (QED) is 0.415. The maximum absolute atomic E-state index is 12.5. The third-order valence-corrected chi connectivity index (χ3v) is 4.74. The first-order valence-corrected chi connectivity index (χ1v) is 9.95. The van der Waals surface area contributed by atoms with E-state index >= 15 is 0 Å². The number of hydrogen-bond donors (Lipinski definition) is 1. The highest BCUT2D eigenvalue weighted by atomic mass is 79.9. The van der Waals surface area contributed by atoms with E-state index in [1.807, 2.05) is 0 Å². The highest BCUT2D eigenvalue weighted by Gasteiger charge is 2.15. The Bertz CT molecular complexity index is 1100. The summed E-state index contributed by atoms with van der Waals surface area (Å²) in [6.07, 6.45) is 0.796. The third kappa shape index (κ3) is 5.32. The summed E-state index contributed by atoms with van der Waals surface area (Å²) in [5, 5.41) is 3.27. The summed E-state index contributed by atoms with van der Waals surface area (Å²) in [7, 11) is 0. The molecule has 29 heavy (non-hydrogen) atoms. The second-order valence-corrected chi connectivity index (χ2v) is 7.90. The number of hydrogen-bond acceptors (Lipinski definition) is 5. The number of benzene rings is 2. The Morgan fingerprint density at radius 2 is 1.83 bits per heavy atom. The molecule has 0 bridgehead atoms. The number of carbonyl (C=O) groups is 2. The van der Waals surface area contributed by atoms with Crippen molar-refractivity contribution in [2.24, 2.45) is 5.92 Å². The number of ether oxygens (including phenoxy) is 1. The first-order valence-electron chi connectivity index (χ1n) is 9.15. The van der Waals surface area contributed by atoms with Gasteiger partial charge >= 0.3 is 11.6 Å². The monoisotopic (exact) mass is 457 g/mol. The second kappa shape index (κ2) is 9.05. The lowest BCUT2D eigenvalue weighted by Crippen LogP contribution is -2.20. The third-order valence-electron chi connectivity index (χ3n) is 4.25. The van der Waals surface area contributed by atoms with Crippen LogP contribution in [0.4, 0.5) is 5.69 Å². The lowest BCUT2D eigenvalue weighted by atomic mass is 10.1. The van der Waals surface area contributed by atoms with E-state index in [4.69, 9.17) is 9.15 Å². The Morgan fingerprint density at radius 1 is 1.10 bits per heavy atom. The van der Waals surface area contributed by atoms with Crippen molar-refractivity contribution in [3.63, 3.8) is 0 Å². The maximum Gasteiger partial charge on any atom is 0.349 e. The Balaban J connectivity index is 1.71. The fraction of sp³-hybridized carbons (Fsp3) is 0.227. The standard InChI is InChI=1S/C22H20BrNO5/c1-13(2)9-10-28-21(26)14-3-6-17(7-4-14)24-20(25)18-12-15-11-16(23)5-8-19(15)29-22(18)27/h3-8,11-13H,9-10H2,1-2H3,(H,24,25). The highest BCUT2D eigenvalue weighted by molar-refractivity contribution is 9.10. The predicted molar refractivity (Wildman–Crippen MR) is 114 cm³/mol. The van der Waals surface area contributed by atoms with E-state index < -0.39 is 17.5 Å². The molecule has 0 fully saturated rings. The maximum atomic E-state index is 12.5. The lowest BCUT2D eigenvalue weighted by molar-refractivity contribution is 0.0488. The molecule has 1 N–H and O–H groups in total. The van der Waals surface area contributed by atoms with Gasteiger partial charge in [0.1, 0.15) is 11.1 Å². The SMILES string of the molecule is CC(C)CCOC(=O)c1ccc(NC(=O)c2cc3cc(Br)ccc3oc2=O)cc1. The molecule has 0 aliphatic carbocycles. The molecule has 2 aromatic carbocycles. The molecule has 3 aromatic rings. The van der Waals surface area contributed by atoms with Gasteiger partial charge in [-0.2, -0.15) is 0 Å². The van der Waals surface area contributed by atoms with Crippen LogP contribution in [0.25, 0.3) is 11.0 Å². The Labute approximate surface area is 176 Å². The van der Waals surface area contributed by atoms with Gasteiger partial charge < -0.3 is 14.5 Å². The predicted octanol–water partition coefficient (Wildman–Crippen LogP) is 5.01. The molecule has 0 aliphatic heterocycles. The van der Waals surface area contributed by atoms with Crippen LogP contribution in [-0.4, -0.2) is 18.5 Å². The number of amides is 1. The van der Waals surface area contributed by atoms with Crippen molar-refractivity contribution in [1.29, 1.82) is 0 Å². The van der Waals surface area contributed by atoms with Gasteiger partial charge in [0.2, 0.25) is 0 Å².